The topological polar surface area (TPSA) is 98.7 Å². The Bertz CT molecular complexity index is 553. The van der Waals surface area contributed by atoms with Crippen molar-refractivity contribution >= 4 is 21.4 Å². The Morgan fingerprint density at radius 1 is 1.32 bits per heavy atom. The van der Waals surface area contributed by atoms with E-state index in [9.17, 15) is 8.42 Å². The third-order valence-electron chi connectivity index (χ3n) is 3.45. The van der Waals surface area contributed by atoms with Gasteiger partial charge in [-0.3, -0.25) is 0 Å². The Hall–Kier alpha value is -1.31. The van der Waals surface area contributed by atoms with Crippen molar-refractivity contribution in [2.75, 3.05) is 30.9 Å². The lowest BCUT2D eigenvalue weighted by atomic mass is 10.1. The van der Waals surface area contributed by atoms with Crippen LogP contribution in [0.5, 0.6) is 0 Å². The van der Waals surface area contributed by atoms with E-state index in [1.807, 2.05) is 7.05 Å². The predicted molar refractivity (Wildman–Crippen MR) is 74.5 cm³/mol. The van der Waals surface area contributed by atoms with Gasteiger partial charge in [-0.2, -0.15) is 0 Å². The number of sulfonamides is 1. The van der Waals surface area contributed by atoms with E-state index in [1.165, 1.54) is 12.1 Å². The molecule has 1 aliphatic rings. The molecular formula is C12H19N3O3S. The molecule has 0 saturated carbocycles. The second-order valence-corrected chi connectivity index (χ2v) is 6.28. The quantitative estimate of drug-likeness (QED) is 0.789. The Morgan fingerprint density at radius 2 is 1.95 bits per heavy atom. The average Bonchev–Trinajstić information content (AvgIpc) is 2.38. The van der Waals surface area contributed by atoms with Crippen LogP contribution in [0.15, 0.2) is 23.1 Å². The number of nitrogens with zero attached hydrogens (tertiary/aromatic N) is 1. The fraction of sp³-hybridized carbons (Fsp3) is 0.500. The van der Waals surface area contributed by atoms with Crippen molar-refractivity contribution in [1.82, 2.24) is 0 Å². The van der Waals surface area contributed by atoms with Crippen LogP contribution in [-0.2, 0) is 14.8 Å². The van der Waals surface area contributed by atoms with Crippen LogP contribution in [0.1, 0.15) is 12.8 Å². The molecule has 0 spiro atoms. The van der Waals surface area contributed by atoms with Gasteiger partial charge in [0.15, 0.2) is 0 Å². The number of nitrogens with two attached hydrogens (primary N) is 2. The molecule has 1 aliphatic heterocycles. The molecule has 2 rings (SSSR count). The first-order valence-electron chi connectivity index (χ1n) is 6.12. The minimum atomic E-state index is -3.71. The number of nitrogen functional groups attached to an aromatic ring is 1. The Kier molecular flexibility index (Phi) is 3.98. The Balaban J connectivity index is 2.25. The lowest BCUT2D eigenvalue weighted by molar-refractivity contribution is 0.0855. The molecule has 19 heavy (non-hydrogen) atoms. The smallest absolute Gasteiger partial charge is 0.238 e. The number of hydrogen-bond donors (Lipinski definition) is 2. The number of anilines is 2. The molecule has 0 bridgehead atoms. The van der Waals surface area contributed by atoms with Crippen molar-refractivity contribution in [2.24, 2.45) is 5.14 Å². The summed E-state index contributed by atoms with van der Waals surface area (Å²) in [6, 6.07) is 4.94. The Labute approximate surface area is 113 Å². The van der Waals surface area contributed by atoms with Crippen LogP contribution in [0.25, 0.3) is 0 Å². The van der Waals surface area contributed by atoms with Crippen LogP contribution >= 0.6 is 0 Å². The zero-order valence-corrected chi connectivity index (χ0v) is 11.7. The minimum absolute atomic E-state index is 0.0362. The highest BCUT2D eigenvalue weighted by atomic mass is 32.2. The lowest BCUT2D eigenvalue weighted by Crippen LogP contribution is -2.37. The molecule has 1 aromatic rings. The van der Waals surface area contributed by atoms with E-state index in [0.717, 1.165) is 31.7 Å². The fourth-order valence-electron chi connectivity index (χ4n) is 2.30. The molecule has 1 saturated heterocycles. The standard InChI is InChI=1S/C12H19N3O3S/c1-15(9-4-6-18-7-5-9)12-3-2-10(8-11(12)13)19(14,16)17/h2-3,8-9H,4-7,13H2,1H3,(H2,14,16,17). The van der Waals surface area contributed by atoms with Gasteiger partial charge in [-0.05, 0) is 31.0 Å². The molecule has 0 amide bonds. The van der Waals surface area contributed by atoms with Crippen molar-refractivity contribution in [3.63, 3.8) is 0 Å². The monoisotopic (exact) mass is 285 g/mol. The first-order valence-corrected chi connectivity index (χ1v) is 7.67. The number of ether oxygens (including phenoxy) is 1. The molecule has 1 aromatic carbocycles. The van der Waals surface area contributed by atoms with E-state index in [0.29, 0.717) is 11.7 Å². The van der Waals surface area contributed by atoms with Gasteiger partial charge in [0.25, 0.3) is 0 Å². The van der Waals surface area contributed by atoms with Crippen LogP contribution in [0.3, 0.4) is 0 Å². The van der Waals surface area contributed by atoms with Gasteiger partial charge in [-0.25, -0.2) is 13.6 Å². The van der Waals surface area contributed by atoms with Crippen LogP contribution in [0.2, 0.25) is 0 Å². The van der Waals surface area contributed by atoms with Crippen molar-refractivity contribution in [2.45, 2.75) is 23.8 Å². The van der Waals surface area contributed by atoms with Crippen molar-refractivity contribution in [3.8, 4) is 0 Å². The predicted octanol–water partition coefficient (Wildman–Crippen LogP) is 0.531. The minimum Gasteiger partial charge on any atom is -0.397 e. The second-order valence-electron chi connectivity index (χ2n) is 4.72. The van der Waals surface area contributed by atoms with Gasteiger partial charge >= 0.3 is 0 Å². The van der Waals surface area contributed by atoms with Gasteiger partial charge in [0.2, 0.25) is 10.0 Å². The number of rotatable bonds is 3. The zero-order valence-electron chi connectivity index (χ0n) is 10.9. The summed E-state index contributed by atoms with van der Waals surface area (Å²) >= 11 is 0. The summed E-state index contributed by atoms with van der Waals surface area (Å²) in [5, 5.41) is 5.08. The maximum absolute atomic E-state index is 11.3. The summed E-state index contributed by atoms with van der Waals surface area (Å²) in [6.07, 6.45) is 1.87. The first-order chi connectivity index (χ1) is 8.89. The third-order valence-corrected chi connectivity index (χ3v) is 4.36. The first kappa shape index (κ1) is 14.1. The molecule has 7 heteroatoms. The normalized spacial score (nSPS) is 17.4. The SMILES string of the molecule is CN(c1ccc(S(N)(=O)=O)cc1N)C1CCOCC1. The lowest BCUT2D eigenvalue weighted by Gasteiger charge is -2.33. The number of hydrogen-bond acceptors (Lipinski definition) is 5. The molecular weight excluding hydrogens is 266 g/mol. The highest BCUT2D eigenvalue weighted by Gasteiger charge is 2.21. The van der Waals surface area contributed by atoms with Crippen molar-refractivity contribution < 1.29 is 13.2 Å². The van der Waals surface area contributed by atoms with Crippen LogP contribution in [0, 0.1) is 0 Å². The van der Waals surface area contributed by atoms with E-state index in [2.05, 4.69) is 4.90 Å². The largest absolute Gasteiger partial charge is 0.397 e. The molecule has 0 radical (unpaired) electrons. The number of benzene rings is 1. The zero-order chi connectivity index (χ0) is 14.0. The van der Waals surface area contributed by atoms with E-state index in [-0.39, 0.29) is 4.90 Å². The molecule has 6 nitrogen and oxygen atoms in total. The fourth-order valence-corrected chi connectivity index (χ4v) is 2.85. The van der Waals surface area contributed by atoms with Gasteiger partial charge in [0.05, 0.1) is 16.3 Å². The van der Waals surface area contributed by atoms with Gasteiger partial charge in [0.1, 0.15) is 0 Å². The second kappa shape index (κ2) is 5.36. The van der Waals surface area contributed by atoms with Gasteiger partial charge in [-0.1, -0.05) is 0 Å². The van der Waals surface area contributed by atoms with Crippen LogP contribution in [0.4, 0.5) is 11.4 Å². The van der Waals surface area contributed by atoms with Crippen molar-refractivity contribution in [3.05, 3.63) is 18.2 Å². The van der Waals surface area contributed by atoms with Crippen LogP contribution in [-0.4, -0.2) is 34.7 Å². The van der Waals surface area contributed by atoms with Gasteiger partial charge in [0, 0.05) is 26.3 Å². The van der Waals surface area contributed by atoms with Gasteiger partial charge < -0.3 is 15.4 Å². The van der Waals surface area contributed by atoms with Gasteiger partial charge in [-0.15, -0.1) is 0 Å². The maximum atomic E-state index is 11.3. The molecule has 1 fully saturated rings. The molecule has 106 valence electrons. The molecule has 4 N–H and O–H groups in total. The summed E-state index contributed by atoms with van der Waals surface area (Å²) in [7, 11) is -1.75. The highest BCUT2D eigenvalue weighted by Crippen LogP contribution is 2.28. The number of primary sulfonamides is 1. The maximum Gasteiger partial charge on any atom is 0.238 e. The van der Waals surface area contributed by atoms with E-state index in [1.54, 1.807) is 6.07 Å². The van der Waals surface area contributed by atoms with E-state index >= 15 is 0 Å². The van der Waals surface area contributed by atoms with E-state index < -0.39 is 10.0 Å². The third kappa shape index (κ3) is 3.17. The molecule has 0 unspecified atom stereocenters. The molecule has 0 aromatic heterocycles. The molecule has 1 heterocycles. The Morgan fingerprint density at radius 3 is 2.47 bits per heavy atom. The summed E-state index contributed by atoms with van der Waals surface area (Å²) < 4.78 is 27.8. The molecule has 0 aliphatic carbocycles. The van der Waals surface area contributed by atoms with E-state index in [4.69, 9.17) is 15.6 Å². The average molecular weight is 285 g/mol. The molecule has 0 atom stereocenters. The summed E-state index contributed by atoms with van der Waals surface area (Å²) in [5.41, 5.74) is 7.17. The highest BCUT2D eigenvalue weighted by molar-refractivity contribution is 7.89. The summed E-state index contributed by atoms with van der Waals surface area (Å²) in [6.45, 7) is 1.48. The van der Waals surface area contributed by atoms with Crippen LogP contribution < -0.4 is 15.8 Å². The van der Waals surface area contributed by atoms with Crippen molar-refractivity contribution in [1.29, 1.82) is 0 Å². The summed E-state index contributed by atoms with van der Waals surface area (Å²) in [4.78, 5) is 2.11. The summed E-state index contributed by atoms with van der Waals surface area (Å²) in [5.74, 6) is 0.